The number of aryl methyl sites for hydroxylation is 1. The SMILES string of the molecule is Cc1ncsc1-c1ccc([C@H](C)NC(=O)[C@@H]2C[C@@H](O)CN2CC(C)(C)[C@@H](C=O)C(CCCCCCCCCC(N)=O)C(N)=O)cc1. The minimum absolute atomic E-state index is 0.175. The number of β-amino-alcohol motifs (C(OH)–C–C–N with tert-alkyl or cyclic N) is 1. The van der Waals surface area contributed by atoms with E-state index in [0.29, 0.717) is 32.4 Å². The third-order valence-corrected chi connectivity index (χ3v) is 10.3. The van der Waals surface area contributed by atoms with Crippen molar-refractivity contribution in [2.45, 2.75) is 110 Å². The number of aldehydes is 1. The van der Waals surface area contributed by atoms with Gasteiger partial charge in [-0.15, -0.1) is 11.3 Å². The molecule has 1 saturated heterocycles. The van der Waals surface area contributed by atoms with Gasteiger partial charge in [0, 0.05) is 31.3 Å². The smallest absolute Gasteiger partial charge is 0.237 e. The summed E-state index contributed by atoms with van der Waals surface area (Å²) in [5.74, 6) is -2.16. The van der Waals surface area contributed by atoms with E-state index in [0.717, 1.165) is 72.9 Å². The van der Waals surface area contributed by atoms with Crippen LogP contribution in [0.1, 0.15) is 102 Å². The van der Waals surface area contributed by atoms with Gasteiger partial charge < -0.3 is 26.7 Å². The van der Waals surface area contributed by atoms with Crippen molar-refractivity contribution in [3.8, 4) is 10.4 Å². The summed E-state index contributed by atoms with van der Waals surface area (Å²) in [5.41, 5.74) is 15.2. The molecule has 11 heteroatoms. The van der Waals surface area contributed by atoms with E-state index in [1.54, 1.807) is 11.3 Å². The molecule has 0 radical (unpaired) electrons. The van der Waals surface area contributed by atoms with Gasteiger partial charge in [0.15, 0.2) is 0 Å². The standard InChI is InChI=1S/C35H53N5O5S/c1-23(25-14-16-26(17-15-25)32-24(2)38-22-46-32)39-34(45)30-18-27(42)19-40(30)21-35(3,4)29(20-41)28(33(37)44)12-10-8-6-5-7-9-11-13-31(36)43/h14-17,20,22-23,27-30,42H,5-13,18-19,21H2,1-4H3,(H2,36,43)(H2,37,44)(H,39,45)/t23-,27+,28?,29-,30-/m0/s1. The van der Waals surface area contributed by atoms with E-state index in [1.807, 2.05) is 62.4 Å². The third-order valence-electron chi connectivity index (χ3n) is 9.36. The predicted octanol–water partition coefficient (Wildman–Crippen LogP) is 4.67. The normalized spacial score (nSPS) is 19.0. The molecule has 10 nitrogen and oxygen atoms in total. The molecular formula is C35H53N5O5S. The van der Waals surface area contributed by atoms with E-state index in [2.05, 4.69) is 10.3 Å². The lowest BCUT2D eigenvalue weighted by molar-refractivity contribution is -0.132. The molecule has 1 aliphatic rings. The molecule has 0 aliphatic carbocycles. The number of carbonyl (C=O) groups excluding carboxylic acids is 4. The maximum Gasteiger partial charge on any atom is 0.237 e. The van der Waals surface area contributed by atoms with Gasteiger partial charge in [-0.25, -0.2) is 4.98 Å². The van der Waals surface area contributed by atoms with Crippen LogP contribution in [0, 0.1) is 24.2 Å². The first-order chi connectivity index (χ1) is 21.8. The van der Waals surface area contributed by atoms with Crippen LogP contribution in [0.3, 0.4) is 0 Å². The van der Waals surface area contributed by atoms with Crippen molar-refractivity contribution in [3.63, 3.8) is 0 Å². The van der Waals surface area contributed by atoms with Gasteiger partial charge in [0.05, 0.1) is 34.3 Å². The molecular weight excluding hydrogens is 602 g/mol. The van der Waals surface area contributed by atoms with Gasteiger partial charge in [0.25, 0.3) is 0 Å². The molecule has 3 rings (SSSR count). The van der Waals surface area contributed by atoms with E-state index in [-0.39, 0.29) is 17.9 Å². The quantitative estimate of drug-likeness (QED) is 0.119. The fraction of sp³-hybridized carbons (Fsp3) is 0.629. The Bertz CT molecular complexity index is 1300. The number of unbranched alkanes of at least 4 members (excludes halogenated alkanes) is 6. The first-order valence-electron chi connectivity index (χ1n) is 16.6. The molecule has 1 aromatic carbocycles. The molecule has 1 unspecified atom stereocenters. The molecule has 6 N–H and O–H groups in total. The highest BCUT2D eigenvalue weighted by Gasteiger charge is 2.44. The van der Waals surface area contributed by atoms with Crippen molar-refractivity contribution in [1.29, 1.82) is 0 Å². The number of likely N-dealkylation sites (tertiary alicyclic amines) is 1. The van der Waals surface area contributed by atoms with Crippen molar-refractivity contribution >= 4 is 35.3 Å². The largest absolute Gasteiger partial charge is 0.392 e. The van der Waals surface area contributed by atoms with Crippen molar-refractivity contribution in [1.82, 2.24) is 15.2 Å². The van der Waals surface area contributed by atoms with Gasteiger partial charge in [-0.3, -0.25) is 19.3 Å². The average molecular weight is 656 g/mol. The van der Waals surface area contributed by atoms with Crippen LogP contribution in [0.25, 0.3) is 10.4 Å². The number of nitrogens with two attached hydrogens (primary N) is 2. The summed E-state index contributed by atoms with van der Waals surface area (Å²) in [6.45, 7) is 8.46. The number of nitrogens with zero attached hydrogens (tertiary/aromatic N) is 2. The van der Waals surface area contributed by atoms with E-state index in [1.165, 1.54) is 0 Å². The van der Waals surface area contributed by atoms with Crippen molar-refractivity contribution < 1.29 is 24.3 Å². The van der Waals surface area contributed by atoms with E-state index >= 15 is 0 Å². The van der Waals surface area contributed by atoms with Crippen molar-refractivity contribution in [2.24, 2.45) is 28.7 Å². The fourth-order valence-electron chi connectivity index (χ4n) is 6.72. The number of primary amides is 2. The van der Waals surface area contributed by atoms with E-state index in [4.69, 9.17) is 11.5 Å². The van der Waals surface area contributed by atoms with Gasteiger partial charge in [-0.1, -0.05) is 76.6 Å². The highest BCUT2D eigenvalue weighted by molar-refractivity contribution is 7.13. The molecule has 1 fully saturated rings. The minimum Gasteiger partial charge on any atom is -0.392 e. The predicted molar refractivity (Wildman–Crippen MR) is 182 cm³/mol. The number of carbonyl (C=O) groups is 4. The number of benzene rings is 1. The minimum atomic E-state index is -0.666. The Morgan fingerprint density at radius 2 is 1.72 bits per heavy atom. The topological polar surface area (TPSA) is 169 Å². The van der Waals surface area contributed by atoms with Gasteiger partial charge in [0.1, 0.15) is 6.29 Å². The number of thiazole rings is 1. The maximum absolute atomic E-state index is 13.5. The number of hydrogen-bond acceptors (Lipinski definition) is 8. The first kappa shape index (κ1) is 37.3. The zero-order valence-corrected chi connectivity index (χ0v) is 28.7. The molecule has 0 saturated carbocycles. The summed E-state index contributed by atoms with van der Waals surface area (Å²) in [5, 5.41) is 13.7. The van der Waals surface area contributed by atoms with Gasteiger partial charge >= 0.3 is 0 Å². The molecule has 0 spiro atoms. The maximum atomic E-state index is 13.5. The van der Waals surface area contributed by atoms with Crippen LogP contribution >= 0.6 is 11.3 Å². The molecule has 3 amide bonds. The Morgan fingerprint density at radius 3 is 2.28 bits per heavy atom. The summed E-state index contributed by atoms with van der Waals surface area (Å²) in [6.07, 6.45) is 8.00. The lowest BCUT2D eigenvalue weighted by Crippen LogP contribution is -2.50. The van der Waals surface area contributed by atoms with Crippen molar-refractivity contribution in [2.75, 3.05) is 13.1 Å². The first-order valence-corrected chi connectivity index (χ1v) is 17.5. The van der Waals surface area contributed by atoms with Gasteiger partial charge in [0.2, 0.25) is 17.7 Å². The highest BCUT2D eigenvalue weighted by atomic mass is 32.1. The second kappa shape index (κ2) is 17.7. The highest BCUT2D eigenvalue weighted by Crippen LogP contribution is 2.37. The summed E-state index contributed by atoms with van der Waals surface area (Å²) >= 11 is 1.60. The van der Waals surface area contributed by atoms with Crippen LogP contribution < -0.4 is 16.8 Å². The van der Waals surface area contributed by atoms with Crippen LogP contribution in [-0.2, 0) is 19.2 Å². The van der Waals surface area contributed by atoms with Crippen LogP contribution in [0.4, 0.5) is 0 Å². The van der Waals surface area contributed by atoms with Crippen LogP contribution in [-0.4, -0.2) is 64.2 Å². The molecule has 1 aromatic heterocycles. The van der Waals surface area contributed by atoms with Gasteiger partial charge in [-0.2, -0.15) is 0 Å². The molecule has 46 heavy (non-hydrogen) atoms. The van der Waals surface area contributed by atoms with Crippen LogP contribution in [0.5, 0.6) is 0 Å². The number of hydrogen-bond donors (Lipinski definition) is 4. The van der Waals surface area contributed by atoms with Crippen molar-refractivity contribution in [3.05, 3.63) is 41.0 Å². The number of aliphatic hydroxyl groups excluding tert-OH is 1. The zero-order valence-electron chi connectivity index (χ0n) is 27.9. The Morgan fingerprint density at radius 1 is 1.09 bits per heavy atom. The van der Waals surface area contributed by atoms with E-state index < -0.39 is 35.3 Å². The second-order valence-corrected chi connectivity index (χ2v) is 14.4. The Hall–Kier alpha value is -3.15. The Balaban J connectivity index is 1.56. The third kappa shape index (κ3) is 10.7. The molecule has 0 bridgehead atoms. The molecule has 1 aliphatic heterocycles. The summed E-state index contributed by atoms with van der Waals surface area (Å²) < 4.78 is 0. The zero-order chi connectivity index (χ0) is 33.9. The summed E-state index contributed by atoms with van der Waals surface area (Å²) in [6, 6.07) is 7.30. The summed E-state index contributed by atoms with van der Waals surface area (Å²) in [7, 11) is 0. The lowest BCUT2D eigenvalue weighted by atomic mass is 9.70. The summed E-state index contributed by atoms with van der Waals surface area (Å²) in [4.78, 5) is 56.8. The van der Waals surface area contributed by atoms with E-state index in [9.17, 15) is 24.3 Å². The Kier molecular flexibility index (Phi) is 14.3. The molecule has 2 aromatic rings. The Labute approximate surface area is 277 Å². The fourth-order valence-corrected chi connectivity index (χ4v) is 7.53. The number of amides is 3. The molecule has 5 atom stereocenters. The van der Waals surface area contributed by atoms with Gasteiger partial charge in [-0.05, 0) is 49.7 Å². The number of nitrogens with one attached hydrogen (secondary N) is 1. The molecule has 254 valence electrons. The van der Waals surface area contributed by atoms with Crippen LogP contribution in [0.2, 0.25) is 0 Å². The monoisotopic (exact) mass is 655 g/mol. The number of aliphatic hydroxyl groups is 1. The number of aromatic nitrogens is 1. The lowest BCUT2D eigenvalue weighted by Gasteiger charge is -2.39. The second-order valence-electron chi connectivity index (χ2n) is 13.6. The molecule has 2 heterocycles. The average Bonchev–Trinajstić information content (AvgIpc) is 3.59. The van der Waals surface area contributed by atoms with Crippen LogP contribution in [0.15, 0.2) is 29.8 Å². The number of rotatable bonds is 20.